The monoisotopic (exact) mass is 285 g/mol. The number of benzene rings is 1. The van der Waals surface area contributed by atoms with Crippen molar-refractivity contribution in [2.45, 2.75) is 6.92 Å². The Morgan fingerprint density at radius 2 is 2.05 bits per heavy atom. The number of anilines is 1. The van der Waals surface area contributed by atoms with E-state index in [1.165, 1.54) is 18.9 Å². The highest BCUT2D eigenvalue weighted by Crippen LogP contribution is 2.26. The van der Waals surface area contributed by atoms with E-state index in [2.05, 4.69) is 0 Å². The van der Waals surface area contributed by atoms with Gasteiger partial charge in [0.15, 0.2) is 0 Å². The van der Waals surface area contributed by atoms with Crippen molar-refractivity contribution in [3.8, 4) is 0 Å². The Bertz CT molecular complexity index is 464. The van der Waals surface area contributed by atoms with Gasteiger partial charge < -0.3 is 14.7 Å². The fourth-order valence-electron chi connectivity index (χ4n) is 1.56. The molecule has 0 radical (unpaired) electrons. The molecular formula is C13H16ClNO4. The van der Waals surface area contributed by atoms with Crippen LogP contribution in [0, 0.1) is 5.92 Å². The standard InChI is InChI=1S/C13H16ClNO4/c1-9(13(17)18)7-15(12(16)8-19-2)11-6-4-3-5-10(11)14/h3-6,9H,7-8H2,1-2H3,(H,17,18). The van der Waals surface area contributed by atoms with Crippen LogP contribution in [0.25, 0.3) is 0 Å². The van der Waals surface area contributed by atoms with Crippen LogP contribution in [0.5, 0.6) is 0 Å². The summed E-state index contributed by atoms with van der Waals surface area (Å²) in [5.41, 5.74) is 0.485. The lowest BCUT2D eigenvalue weighted by molar-refractivity contribution is -0.140. The van der Waals surface area contributed by atoms with E-state index in [0.29, 0.717) is 10.7 Å². The lowest BCUT2D eigenvalue weighted by Crippen LogP contribution is -2.39. The topological polar surface area (TPSA) is 66.8 Å². The molecule has 0 spiro atoms. The molecule has 0 fully saturated rings. The van der Waals surface area contributed by atoms with Gasteiger partial charge in [0.1, 0.15) is 6.61 Å². The van der Waals surface area contributed by atoms with Crippen LogP contribution in [0.1, 0.15) is 6.92 Å². The number of carbonyl (C=O) groups is 2. The van der Waals surface area contributed by atoms with Crippen LogP contribution in [0.2, 0.25) is 5.02 Å². The van der Waals surface area contributed by atoms with Gasteiger partial charge in [-0.3, -0.25) is 9.59 Å². The quantitative estimate of drug-likeness (QED) is 0.868. The van der Waals surface area contributed by atoms with Gasteiger partial charge in [-0.05, 0) is 12.1 Å². The fraction of sp³-hybridized carbons (Fsp3) is 0.385. The van der Waals surface area contributed by atoms with Gasteiger partial charge in [0, 0.05) is 13.7 Å². The minimum atomic E-state index is -0.970. The lowest BCUT2D eigenvalue weighted by Gasteiger charge is -2.25. The molecule has 0 saturated carbocycles. The number of rotatable bonds is 6. The number of carbonyl (C=O) groups excluding carboxylic acids is 1. The highest BCUT2D eigenvalue weighted by molar-refractivity contribution is 6.33. The van der Waals surface area contributed by atoms with E-state index in [9.17, 15) is 9.59 Å². The third-order valence-electron chi connectivity index (χ3n) is 2.59. The molecule has 1 N–H and O–H groups in total. The molecule has 6 heteroatoms. The van der Waals surface area contributed by atoms with Crippen LogP contribution < -0.4 is 4.90 Å². The van der Waals surface area contributed by atoms with Crippen molar-refractivity contribution in [3.05, 3.63) is 29.3 Å². The smallest absolute Gasteiger partial charge is 0.308 e. The summed E-state index contributed by atoms with van der Waals surface area (Å²) in [7, 11) is 1.41. The van der Waals surface area contributed by atoms with E-state index in [1.807, 2.05) is 0 Å². The molecule has 5 nitrogen and oxygen atoms in total. The number of hydrogen-bond donors (Lipinski definition) is 1. The normalized spacial score (nSPS) is 11.9. The molecule has 0 saturated heterocycles. The van der Waals surface area contributed by atoms with Crippen molar-refractivity contribution >= 4 is 29.2 Å². The summed E-state index contributed by atoms with van der Waals surface area (Å²) >= 11 is 6.04. The maximum Gasteiger partial charge on any atom is 0.308 e. The van der Waals surface area contributed by atoms with Crippen molar-refractivity contribution in [2.75, 3.05) is 25.2 Å². The minimum Gasteiger partial charge on any atom is -0.481 e. The van der Waals surface area contributed by atoms with Gasteiger partial charge in [0.05, 0.1) is 16.6 Å². The third-order valence-corrected chi connectivity index (χ3v) is 2.91. The first kappa shape index (κ1) is 15.5. The lowest BCUT2D eigenvalue weighted by atomic mass is 10.1. The zero-order chi connectivity index (χ0) is 14.4. The van der Waals surface area contributed by atoms with E-state index >= 15 is 0 Å². The number of ether oxygens (including phenoxy) is 1. The summed E-state index contributed by atoms with van der Waals surface area (Å²) in [6.45, 7) is 1.45. The Balaban J connectivity index is 3.02. The number of halogens is 1. The molecule has 1 aromatic rings. The van der Waals surface area contributed by atoms with Crippen LogP contribution in [0.4, 0.5) is 5.69 Å². The number of methoxy groups -OCH3 is 1. The molecular weight excluding hydrogens is 270 g/mol. The summed E-state index contributed by atoms with van der Waals surface area (Å²) in [4.78, 5) is 24.3. The molecule has 1 rings (SSSR count). The average molecular weight is 286 g/mol. The van der Waals surface area contributed by atoms with Crippen molar-refractivity contribution in [2.24, 2.45) is 5.92 Å². The van der Waals surface area contributed by atoms with Crippen molar-refractivity contribution in [1.29, 1.82) is 0 Å². The van der Waals surface area contributed by atoms with Gasteiger partial charge in [-0.25, -0.2) is 0 Å². The second-order valence-corrected chi connectivity index (χ2v) is 4.54. The Hall–Kier alpha value is -1.59. The molecule has 19 heavy (non-hydrogen) atoms. The Morgan fingerprint density at radius 1 is 1.42 bits per heavy atom. The van der Waals surface area contributed by atoms with Crippen LogP contribution >= 0.6 is 11.6 Å². The third kappa shape index (κ3) is 4.22. The minimum absolute atomic E-state index is 0.0429. The highest BCUT2D eigenvalue weighted by Gasteiger charge is 2.23. The summed E-state index contributed by atoms with van der Waals surface area (Å²) in [6, 6.07) is 6.80. The van der Waals surface area contributed by atoms with Crippen LogP contribution in [0.3, 0.4) is 0 Å². The Morgan fingerprint density at radius 3 is 2.58 bits per heavy atom. The van der Waals surface area contributed by atoms with E-state index in [0.717, 1.165) is 0 Å². The fourth-order valence-corrected chi connectivity index (χ4v) is 1.80. The first-order valence-corrected chi connectivity index (χ1v) is 6.11. The Kier molecular flexibility index (Phi) is 5.79. The van der Waals surface area contributed by atoms with E-state index in [4.69, 9.17) is 21.4 Å². The van der Waals surface area contributed by atoms with Crippen molar-refractivity contribution in [3.63, 3.8) is 0 Å². The first-order valence-electron chi connectivity index (χ1n) is 5.74. The van der Waals surface area contributed by atoms with Crippen LogP contribution in [-0.2, 0) is 14.3 Å². The van der Waals surface area contributed by atoms with Gasteiger partial charge in [-0.15, -0.1) is 0 Å². The molecule has 1 unspecified atom stereocenters. The average Bonchev–Trinajstić information content (AvgIpc) is 2.36. The van der Waals surface area contributed by atoms with Gasteiger partial charge in [0.25, 0.3) is 5.91 Å². The Labute approximate surface area is 116 Å². The second-order valence-electron chi connectivity index (χ2n) is 4.13. The molecule has 1 atom stereocenters. The summed E-state index contributed by atoms with van der Waals surface area (Å²) in [5, 5.41) is 9.35. The zero-order valence-corrected chi connectivity index (χ0v) is 11.6. The number of aliphatic carboxylic acids is 1. The SMILES string of the molecule is COCC(=O)N(CC(C)C(=O)O)c1ccccc1Cl. The van der Waals surface area contributed by atoms with E-state index < -0.39 is 11.9 Å². The van der Waals surface area contributed by atoms with E-state index in [1.54, 1.807) is 24.3 Å². The number of carboxylic acids is 1. The highest BCUT2D eigenvalue weighted by atomic mass is 35.5. The van der Waals surface area contributed by atoms with Gasteiger partial charge in [-0.2, -0.15) is 0 Å². The number of hydrogen-bond acceptors (Lipinski definition) is 3. The maximum atomic E-state index is 12.0. The predicted octanol–water partition coefficient (Wildman–Crippen LogP) is 2.04. The molecule has 0 aliphatic rings. The first-order chi connectivity index (χ1) is 8.97. The molecule has 104 valence electrons. The van der Waals surface area contributed by atoms with Gasteiger partial charge in [-0.1, -0.05) is 30.7 Å². The summed E-state index contributed by atoms with van der Waals surface area (Å²) < 4.78 is 4.81. The van der Waals surface area contributed by atoms with Crippen LogP contribution in [-0.4, -0.2) is 37.2 Å². The van der Waals surface area contributed by atoms with Gasteiger partial charge in [0.2, 0.25) is 0 Å². The maximum absolute atomic E-state index is 12.0. The molecule has 0 heterocycles. The molecule has 0 bridgehead atoms. The molecule has 1 aromatic carbocycles. The molecule has 0 aromatic heterocycles. The second kappa shape index (κ2) is 7.11. The number of amides is 1. The number of para-hydroxylation sites is 1. The zero-order valence-electron chi connectivity index (χ0n) is 10.8. The van der Waals surface area contributed by atoms with E-state index in [-0.39, 0.29) is 19.1 Å². The summed E-state index contributed by atoms with van der Waals surface area (Å²) in [5.74, 6) is -2.00. The summed E-state index contributed by atoms with van der Waals surface area (Å²) in [6.07, 6.45) is 0. The molecule has 0 aliphatic carbocycles. The molecule has 0 aliphatic heterocycles. The predicted molar refractivity (Wildman–Crippen MR) is 72.5 cm³/mol. The largest absolute Gasteiger partial charge is 0.481 e. The van der Waals surface area contributed by atoms with Gasteiger partial charge >= 0.3 is 5.97 Å². The van der Waals surface area contributed by atoms with Crippen molar-refractivity contribution in [1.82, 2.24) is 0 Å². The molecule has 1 amide bonds. The number of carboxylic acid groups (broad SMARTS) is 1. The van der Waals surface area contributed by atoms with Crippen LogP contribution in [0.15, 0.2) is 24.3 Å². The van der Waals surface area contributed by atoms with Crippen molar-refractivity contribution < 1.29 is 19.4 Å². The number of nitrogens with zero attached hydrogens (tertiary/aromatic N) is 1.